The van der Waals surface area contributed by atoms with Crippen LogP contribution in [0.25, 0.3) is 0 Å². The zero-order valence-electron chi connectivity index (χ0n) is 19.3. The number of nitrogens with zero attached hydrogens (tertiary/aromatic N) is 1. The molecule has 3 rings (SSSR count). The second-order valence-electron chi connectivity index (χ2n) is 8.38. The number of piperidine rings is 1. The van der Waals surface area contributed by atoms with Gasteiger partial charge in [0.25, 0.3) is 10.0 Å². The van der Waals surface area contributed by atoms with Crippen LogP contribution in [0.2, 0.25) is 0 Å². The van der Waals surface area contributed by atoms with E-state index in [0.717, 1.165) is 17.5 Å². The molecule has 1 fully saturated rings. The normalized spacial score (nSPS) is 16.4. The zero-order chi connectivity index (χ0) is 24.3. The van der Waals surface area contributed by atoms with Crippen LogP contribution in [-0.2, 0) is 19.6 Å². The Bertz CT molecular complexity index is 1180. The lowest BCUT2D eigenvalue weighted by Gasteiger charge is -2.34. The molecule has 1 aliphatic rings. The Balaban J connectivity index is 1.90. The van der Waals surface area contributed by atoms with Gasteiger partial charge in [-0.15, -0.1) is 0 Å². The van der Waals surface area contributed by atoms with E-state index in [-0.39, 0.29) is 28.0 Å². The Labute approximate surface area is 194 Å². The number of carbonyl (C=O) groups excluding carboxylic acids is 1. The predicted molar refractivity (Wildman–Crippen MR) is 126 cm³/mol. The summed E-state index contributed by atoms with van der Waals surface area (Å²) in [4.78, 5) is 26.2. The summed E-state index contributed by atoms with van der Waals surface area (Å²) in [6.45, 7) is 8.48. The van der Waals surface area contributed by atoms with Crippen molar-refractivity contribution in [3.63, 3.8) is 0 Å². The summed E-state index contributed by atoms with van der Waals surface area (Å²) in [5, 5.41) is 9.81. The fourth-order valence-electron chi connectivity index (χ4n) is 4.13. The molecule has 8 nitrogen and oxygen atoms in total. The van der Waals surface area contributed by atoms with Crippen molar-refractivity contribution in [1.29, 1.82) is 0 Å². The largest absolute Gasteiger partial charge is 0.478 e. The Morgan fingerprint density at radius 2 is 1.82 bits per heavy atom. The number of aryl methyl sites for hydroxylation is 3. The highest BCUT2D eigenvalue weighted by molar-refractivity contribution is 7.92. The van der Waals surface area contributed by atoms with E-state index in [1.54, 1.807) is 32.0 Å². The molecule has 1 atom stereocenters. The molecule has 2 aromatic carbocycles. The van der Waals surface area contributed by atoms with Crippen molar-refractivity contribution in [3.05, 3.63) is 52.6 Å². The molecule has 0 aliphatic carbocycles. The van der Waals surface area contributed by atoms with Crippen molar-refractivity contribution in [2.24, 2.45) is 5.92 Å². The third-order valence-corrected chi connectivity index (χ3v) is 7.47. The molecule has 1 aliphatic heterocycles. The average molecular weight is 475 g/mol. The highest BCUT2D eigenvalue weighted by Gasteiger charge is 2.29. The van der Waals surface area contributed by atoms with E-state index in [9.17, 15) is 23.1 Å². The number of aromatic carboxylic acids is 1. The average Bonchev–Trinajstić information content (AvgIpc) is 2.76. The van der Waals surface area contributed by atoms with Crippen LogP contribution >= 0.6 is 0 Å². The molecule has 1 unspecified atom stereocenters. The molecule has 178 valence electrons. The van der Waals surface area contributed by atoms with Crippen LogP contribution in [0.5, 0.6) is 0 Å². The first-order valence-electron chi connectivity index (χ1n) is 10.9. The van der Waals surface area contributed by atoms with Gasteiger partial charge in [-0.3, -0.25) is 9.52 Å². The Kier molecular flexibility index (Phi) is 7.31. The predicted octanol–water partition coefficient (Wildman–Crippen LogP) is 3.89. The number of ether oxygens (including phenoxy) is 1. The van der Waals surface area contributed by atoms with Crippen molar-refractivity contribution in [2.45, 2.75) is 45.4 Å². The van der Waals surface area contributed by atoms with Crippen molar-refractivity contribution >= 4 is 33.3 Å². The maximum atomic E-state index is 13.0. The van der Waals surface area contributed by atoms with Gasteiger partial charge in [0.15, 0.2) is 0 Å². The number of rotatable bonds is 7. The van der Waals surface area contributed by atoms with Gasteiger partial charge < -0.3 is 14.7 Å². The summed E-state index contributed by atoms with van der Waals surface area (Å²) < 4.78 is 33.7. The van der Waals surface area contributed by atoms with Gasteiger partial charge >= 0.3 is 11.9 Å². The molecule has 0 bridgehead atoms. The zero-order valence-corrected chi connectivity index (χ0v) is 20.2. The molecular weight excluding hydrogens is 444 g/mol. The monoisotopic (exact) mass is 474 g/mol. The van der Waals surface area contributed by atoms with E-state index in [4.69, 9.17) is 4.74 Å². The summed E-state index contributed by atoms with van der Waals surface area (Å²) in [7, 11) is -3.91. The number of carboxylic acids is 1. The number of anilines is 2. The molecule has 0 saturated carbocycles. The molecule has 0 amide bonds. The van der Waals surface area contributed by atoms with Gasteiger partial charge in [0.1, 0.15) is 0 Å². The van der Waals surface area contributed by atoms with Crippen LogP contribution in [0.15, 0.2) is 35.2 Å². The van der Waals surface area contributed by atoms with Gasteiger partial charge in [0.2, 0.25) is 0 Å². The Morgan fingerprint density at radius 1 is 1.12 bits per heavy atom. The Morgan fingerprint density at radius 3 is 2.48 bits per heavy atom. The molecule has 2 N–H and O–H groups in total. The highest BCUT2D eigenvalue weighted by atomic mass is 32.2. The third kappa shape index (κ3) is 5.47. The fourth-order valence-corrected chi connectivity index (χ4v) is 5.49. The number of esters is 1. The number of hydrogen-bond acceptors (Lipinski definition) is 6. The summed E-state index contributed by atoms with van der Waals surface area (Å²) in [6, 6.07) is 7.88. The molecule has 1 saturated heterocycles. The topological polar surface area (TPSA) is 113 Å². The lowest BCUT2D eigenvalue weighted by Crippen LogP contribution is -2.40. The first-order chi connectivity index (χ1) is 15.5. The molecule has 1 heterocycles. The van der Waals surface area contributed by atoms with Crippen molar-refractivity contribution < 1.29 is 27.9 Å². The smallest absolute Gasteiger partial charge is 0.337 e. The number of hydrogen-bond donors (Lipinski definition) is 2. The number of carboxylic acid groups (broad SMARTS) is 1. The van der Waals surface area contributed by atoms with E-state index < -0.39 is 16.0 Å². The second kappa shape index (κ2) is 9.82. The maximum absolute atomic E-state index is 13.0. The molecule has 0 spiro atoms. The minimum absolute atomic E-state index is 0.0310. The molecule has 33 heavy (non-hydrogen) atoms. The van der Waals surface area contributed by atoms with Crippen molar-refractivity contribution in [3.8, 4) is 0 Å². The minimum atomic E-state index is -3.91. The van der Waals surface area contributed by atoms with Gasteiger partial charge in [-0.05, 0) is 81.5 Å². The van der Waals surface area contributed by atoms with E-state index in [0.29, 0.717) is 37.4 Å². The first kappa shape index (κ1) is 24.6. The molecule has 2 aromatic rings. The fraction of sp³-hybridized carbons (Fsp3) is 0.417. The molecular formula is C24H30N2O6S. The van der Waals surface area contributed by atoms with Gasteiger partial charge in [-0.25, -0.2) is 13.2 Å². The van der Waals surface area contributed by atoms with Crippen LogP contribution in [0.1, 0.15) is 46.8 Å². The van der Waals surface area contributed by atoms with Crippen LogP contribution in [0.3, 0.4) is 0 Å². The second-order valence-corrected chi connectivity index (χ2v) is 10.0. The first-order valence-corrected chi connectivity index (χ1v) is 12.4. The Hall–Kier alpha value is -3.07. The standard InChI is InChI=1S/C24H30N2O6S/c1-5-32-24(29)18-7-6-10-26(14-18)21-9-8-19(13-20(21)23(27)28)25-33(30,31)22-12-16(3)15(2)11-17(22)4/h8-9,11-13,18,25H,5-7,10,14H2,1-4H3,(H,27,28). The summed E-state index contributed by atoms with van der Waals surface area (Å²) in [5.74, 6) is -1.79. The maximum Gasteiger partial charge on any atom is 0.337 e. The van der Waals surface area contributed by atoms with E-state index >= 15 is 0 Å². The van der Waals surface area contributed by atoms with E-state index in [2.05, 4.69) is 4.72 Å². The number of benzene rings is 2. The minimum Gasteiger partial charge on any atom is -0.478 e. The lowest BCUT2D eigenvalue weighted by molar-refractivity contribution is -0.148. The summed E-state index contributed by atoms with van der Waals surface area (Å²) in [6.07, 6.45) is 1.41. The van der Waals surface area contributed by atoms with Gasteiger partial charge in [-0.1, -0.05) is 6.07 Å². The van der Waals surface area contributed by atoms with Gasteiger partial charge in [-0.2, -0.15) is 0 Å². The molecule has 0 radical (unpaired) electrons. The summed E-state index contributed by atoms with van der Waals surface area (Å²) in [5.41, 5.74) is 3.03. The molecule has 0 aromatic heterocycles. The van der Waals surface area contributed by atoms with Crippen molar-refractivity contribution in [2.75, 3.05) is 29.3 Å². The number of carbonyl (C=O) groups is 2. The quantitative estimate of drug-likeness (QED) is 0.585. The van der Waals surface area contributed by atoms with Gasteiger partial charge in [0.05, 0.1) is 28.7 Å². The highest BCUT2D eigenvalue weighted by Crippen LogP contribution is 2.31. The number of nitrogens with one attached hydrogen (secondary N) is 1. The SMILES string of the molecule is CCOC(=O)C1CCCN(c2ccc(NS(=O)(=O)c3cc(C)c(C)cc3C)cc2C(=O)O)C1. The van der Waals surface area contributed by atoms with Crippen LogP contribution < -0.4 is 9.62 Å². The van der Waals surface area contributed by atoms with Gasteiger partial charge in [0, 0.05) is 18.8 Å². The van der Waals surface area contributed by atoms with Crippen LogP contribution in [0, 0.1) is 26.7 Å². The lowest BCUT2D eigenvalue weighted by atomic mass is 9.97. The van der Waals surface area contributed by atoms with E-state index in [1.165, 1.54) is 6.07 Å². The number of sulfonamides is 1. The molecule has 9 heteroatoms. The van der Waals surface area contributed by atoms with Crippen LogP contribution in [-0.4, -0.2) is 45.2 Å². The van der Waals surface area contributed by atoms with Crippen molar-refractivity contribution in [1.82, 2.24) is 0 Å². The summed E-state index contributed by atoms with van der Waals surface area (Å²) >= 11 is 0. The third-order valence-electron chi connectivity index (χ3n) is 5.94. The van der Waals surface area contributed by atoms with Crippen LogP contribution in [0.4, 0.5) is 11.4 Å². The van der Waals surface area contributed by atoms with E-state index in [1.807, 2.05) is 24.8 Å².